The lowest BCUT2D eigenvalue weighted by atomic mass is 10.2. The van der Waals surface area contributed by atoms with Crippen molar-refractivity contribution in [3.63, 3.8) is 0 Å². The fraction of sp³-hybridized carbons (Fsp3) is 0.529. The van der Waals surface area contributed by atoms with E-state index in [0.717, 1.165) is 23.6 Å². The number of nitrogens with one attached hydrogen (secondary N) is 1. The Hall–Kier alpha value is -1.50. The number of para-hydroxylation sites is 1. The molecular formula is C17H24N3O2S+. The first-order valence-corrected chi connectivity index (χ1v) is 8.90. The molecule has 0 saturated carbocycles. The van der Waals surface area contributed by atoms with Crippen molar-refractivity contribution in [3.8, 4) is 0 Å². The van der Waals surface area contributed by atoms with E-state index in [9.17, 15) is 4.79 Å². The molecule has 2 heterocycles. The molecule has 1 saturated heterocycles. The van der Waals surface area contributed by atoms with Gasteiger partial charge in [-0.3, -0.25) is 4.79 Å². The highest BCUT2D eigenvalue weighted by Crippen LogP contribution is 2.22. The molecule has 1 unspecified atom stereocenters. The molecule has 5 nitrogen and oxygen atoms in total. The SMILES string of the molecule is C[C@@H]1C[NH+](CC(=O)N(C)Cc2nc3ccccc3s2)C[C@H](C)O1. The van der Waals surface area contributed by atoms with Crippen LogP contribution >= 0.6 is 11.3 Å². The van der Waals surface area contributed by atoms with Gasteiger partial charge >= 0.3 is 0 Å². The van der Waals surface area contributed by atoms with E-state index < -0.39 is 0 Å². The molecule has 3 atom stereocenters. The van der Waals surface area contributed by atoms with Gasteiger partial charge in [-0.15, -0.1) is 11.3 Å². The third kappa shape index (κ3) is 4.07. The highest BCUT2D eigenvalue weighted by Gasteiger charge is 2.28. The monoisotopic (exact) mass is 334 g/mol. The molecule has 3 rings (SSSR count). The lowest BCUT2D eigenvalue weighted by Crippen LogP contribution is -3.16. The van der Waals surface area contributed by atoms with E-state index >= 15 is 0 Å². The van der Waals surface area contributed by atoms with Crippen LogP contribution in [0.1, 0.15) is 18.9 Å². The van der Waals surface area contributed by atoms with Crippen LogP contribution in [-0.4, -0.2) is 54.7 Å². The summed E-state index contributed by atoms with van der Waals surface area (Å²) in [5.74, 6) is 0.167. The number of amides is 1. The third-order valence-electron chi connectivity index (χ3n) is 4.15. The first kappa shape index (κ1) is 16.4. The van der Waals surface area contributed by atoms with E-state index in [2.05, 4.69) is 24.9 Å². The van der Waals surface area contributed by atoms with Gasteiger partial charge in [-0.1, -0.05) is 12.1 Å². The van der Waals surface area contributed by atoms with Gasteiger partial charge in [0.1, 0.15) is 30.3 Å². The average molecular weight is 334 g/mol. The van der Waals surface area contributed by atoms with Gasteiger partial charge in [0.25, 0.3) is 5.91 Å². The van der Waals surface area contributed by atoms with Crippen LogP contribution < -0.4 is 4.90 Å². The molecule has 0 bridgehead atoms. The second-order valence-electron chi connectivity index (χ2n) is 6.42. The number of carbonyl (C=O) groups excluding carboxylic acids is 1. The lowest BCUT2D eigenvalue weighted by Gasteiger charge is -2.32. The molecule has 1 N–H and O–H groups in total. The van der Waals surface area contributed by atoms with Crippen LogP contribution in [-0.2, 0) is 16.1 Å². The summed E-state index contributed by atoms with van der Waals surface area (Å²) < 4.78 is 6.90. The quantitative estimate of drug-likeness (QED) is 0.905. The number of rotatable bonds is 4. The molecule has 0 aliphatic carbocycles. The van der Waals surface area contributed by atoms with Crippen molar-refractivity contribution in [2.24, 2.45) is 0 Å². The zero-order valence-electron chi connectivity index (χ0n) is 13.9. The number of likely N-dealkylation sites (N-methyl/N-ethyl adjacent to an activating group) is 1. The van der Waals surface area contributed by atoms with Gasteiger partial charge in [0, 0.05) is 7.05 Å². The van der Waals surface area contributed by atoms with Crippen molar-refractivity contribution in [2.45, 2.75) is 32.6 Å². The zero-order valence-corrected chi connectivity index (χ0v) is 14.7. The number of quaternary nitrogens is 1. The molecule has 124 valence electrons. The summed E-state index contributed by atoms with van der Waals surface area (Å²) in [7, 11) is 1.86. The van der Waals surface area contributed by atoms with Gasteiger partial charge in [-0.2, -0.15) is 0 Å². The van der Waals surface area contributed by atoms with Crippen LogP contribution in [0, 0.1) is 0 Å². The number of nitrogens with zero attached hydrogens (tertiary/aromatic N) is 2. The molecule has 0 radical (unpaired) electrons. The van der Waals surface area contributed by atoms with Crippen molar-refractivity contribution in [1.29, 1.82) is 0 Å². The second kappa shape index (κ2) is 6.95. The van der Waals surface area contributed by atoms with Crippen LogP contribution in [0.4, 0.5) is 0 Å². The Morgan fingerprint density at radius 3 is 2.74 bits per heavy atom. The Kier molecular flexibility index (Phi) is 4.94. The molecule has 23 heavy (non-hydrogen) atoms. The normalized spacial score (nSPS) is 24.7. The minimum absolute atomic E-state index is 0.167. The van der Waals surface area contributed by atoms with Crippen molar-refractivity contribution in [2.75, 3.05) is 26.7 Å². The molecule has 1 aliphatic rings. The van der Waals surface area contributed by atoms with Gasteiger partial charge in [0.2, 0.25) is 0 Å². The highest BCUT2D eigenvalue weighted by atomic mass is 32.1. The van der Waals surface area contributed by atoms with Gasteiger partial charge < -0.3 is 14.5 Å². The first-order chi connectivity index (χ1) is 11.0. The summed E-state index contributed by atoms with van der Waals surface area (Å²) in [6.45, 7) is 7.04. The van der Waals surface area contributed by atoms with Gasteiger partial charge in [-0.25, -0.2) is 4.98 Å². The molecule has 1 aromatic carbocycles. The van der Waals surface area contributed by atoms with Crippen LogP contribution in [0.3, 0.4) is 0 Å². The lowest BCUT2D eigenvalue weighted by molar-refractivity contribution is -0.907. The van der Waals surface area contributed by atoms with Crippen molar-refractivity contribution < 1.29 is 14.4 Å². The van der Waals surface area contributed by atoms with Crippen LogP contribution in [0.25, 0.3) is 10.2 Å². The largest absolute Gasteiger partial charge is 0.364 e. The number of morpholine rings is 1. The molecule has 1 fully saturated rings. The van der Waals surface area contributed by atoms with E-state index in [4.69, 9.17) is 4.74 Å². The maximum atomic E-state index is 12.5. The molecule has 2 aromatic rings. The Labute approximate surface area is 140 Å². The van der Waals surface area contributed by atoms with E-state index in [1.54, 1.807) is 16.2 Å². The standard InChI is InChI=1S/C17H23N3O2S/c1-12-8-20(9-13(2)22-12)11-17(21)19(3)10-16-18-14-6-4-5-7-15(14)23-16/h4-7,12-13H,8-11H2,1-3H3/p+1/t12-,13+. The van der Waals surface area contributed by atoms with Crippen molar-refractivity contribution in [3.05, 3.63) is 29.3 Å². The molecule has 6 heteroatoms. The summed E-state index contributed by atoms with van der Waals surface area (Å²) in [5, 5.41) is 0.987. The predicted octanol–water partition coefficient (Wildman–Crippen LogP) is 0.947. The number of hydrogen-bond acceptors (Lipinski definition) is 4. The maximum absolute atomic E-state index is 12.5. The summed E-state index contributed by atoms with van der Waals surface area (Å²) in [5.41, 5.74) is 1.01. The van der Waals surface area contributed by atoms with E-state index in [1.807, 2.05) is 25.2 Å². The maximum Gasteiger partial charge on any atom is 0.277 e. The number of ether oxygens (including phenoxy) is 1. The predicted molar refractivity (Wildman–Crippen MR) is 91.7 cm³/mol. The second-order valence-corrected chi connectivity index (χ2v) is 7.53. The fourth-order valence-electron chi connectivity index (χ4n) is 3.16. The Morgan fingerprint density at radius 1 is 1.35 bits per heavy atom. The molecule has 1 amide bonds. The molecule has 1 aromatic heterocycles. The number of aromatic nitrogens is 1. The number of carbonyl (C=O) groups is 1. The van der Waals surface area contributed by atoms with Crippen LogP contribution in [0.15, 0.2) is 24.3 Å². The van der Waals surface area contributed by atoms with E-state index in [1.165, 1.54) is 9.60 Å². The Bertz CT molecular complexity index is 644. The Morgan fingerprint density at radius 2 is 2.04 bits per heavy atom. The van der Waals surface area contributed by atoms with Gasteiger partial charge in [0.05, 0.1) is 16.8 Å². The Balaban J connectivity index is 1.58. The highest BCUT2D eigenvalue weighted by molar-refractivity contribution is 7.18. The third-order valence-corrected chi connectivity index (χ3v) is 5.18. The smallest absolute Gasteiger partial charge is 0.277 e. The summed E-state index contributed by atoms with van der Waals surface area (Å²) >= 11 is 1.66. The number of hydrogen-bond donors (Lipinski definition) is 1. The van der Waals surface area contributed by atoms with Gasteiger partial charge in [-0.05, 0) is 26.0 Å². The van der Waals surface area contributed by atoms with Gasteiger partial charge in [0.15, 0.2) is 6.54 Å². The summed E-state index contributed by atoms with van der Waals surface area (Å²) in [6.07, 6.45) is 0.437. The number of thiazole rings is 1. The fourth-order valence-corrected chi connectivity index (χ4v) is 4.18. The topological polar surface area (TPSA) is 46.9 Å². The summed E-state index contributed by atoms with van der Waals surface area (Å²) in [6, 6.07) is 8.09. The number of fused-ring (bicyclic) bond motifs is 1. The minimum Gasteiger partial charge on any atom is -0.364 e. The average Bonchev–Trinajstić information content (AvgIpc) is 2.88. The van der Waals surface area contributed by atoms with Crippen LogP contribution in [0.2, 0.25) is 0 Å². The van der Waals surface area contributed by atoms with Crippen LogP contribution in [0.5, 0.6) is 0 Å². The first-order valence-electron chi connectivity index (χ1n) is 8.08. The minimum atomic E-state index is 0.167. The van der Waals surface area contributed by atoms with E-state index in [0.29, 0.717) is 13.1 Å². The molecule has 1 aliphatic heterocycles. The summed E-state index contributed by atoms with van der Waals surface area (Å²) in [4.78, 5) is 20.2. The molecule has 0 spiro atoms. The zero-order chi connectivity index (χ0) is 16.4. The van der Waals surface area contributed by atoms with E-state index in [-0.39, 0.29) is 18.1 Å². The number of benzene rings is 1. The van der Waals surface area contributed by atoms with Crippen molar-refractivity contribution in [1.82, 2.24) is 9.88 Å². The molecular weight excluding hydrogens is 310 g/mol. The van der Waals surface area contributed by atoms with Crippen molar-refractivity contribution >= 4 is 27.5 Å².